The third-order valence-electron chi connectivity index (χ3n) is 6.44. The first-order chi connectivity index (χ1) is 16.6. The molecule has 0 aliphatic rings. The molecule has 1 aromatic rings. The highest BCUT2D eigenvalue weighted by molar-refractivity contribution is 7.88. The second-order valence-electron chi connectivity index (χ2n) is 10.5. The number of amides is 2. The summed E-state index contributed by atoms with van der Waals surface area (Å²) in [7, 11) is -3.94. The number of nitrogens with one attached hydrogen (secondary N) is 3. The quantitative estimate of drug-likeness (QED) is 0.175. The van der Waals surface area contributed by atoms with E-state index in [0.717, 1.165) is 30.4 Å². The largest absolute Gasteiger partial charge is 0.333 e. The fourth-order valence-electron chi connectivity index (χ4n) is 4.42. The van der Waals surface area contributed by atoms with E-state index in [1.807, 2.05) is 25.1 Å². The lowest BCUT2D eigenvalue weighted by molar-refractivity contribution is 0.256. The zero-order valence-electron chi connectivity index (χ0n) is 23.1. The fourth-order valence-corrected chi connectivity index (χ4v) is 5.43. The van der Waals surface area contributed by atoms with Gasteiger partial charge in [-0.2, -0.15) is 13.1 Å². The Morgan fingerprint density at radius 3 is 1.69 bits per heavy atom. The van der Waals surface area contributed by atoms with Gasteiger partial charge in [-0.3, -0.25) is 0 Å². The van der Waals surface area contributed by atoms with Crippen LogP contribution in [0.4, 0.5) is 10.5 Å². The molecule has 7 heteroatoms. The number of unbranched alkanes of at least 4 members (excludes halogenated alkanes) is 10. The summed E-state index contributed by atoms with van der Waals surface area (Å²) in [5.74, 6) is 0.397. The number of benzene rings is 1. The fraction of sp³-hybridized carbons (Fsp3) is 0.750. The zero-order chi connectivity index (χ0) is 26.3. The molecular weight excluding hydrogens is 458 g/mol. The first-order valence-electron chi connectivity index (χ1n) is 13.8. The van der Waals surface area contributed by atoms with Gasteiger partial charge >= 0.3 is 16.2 Å². The van der Waals surface area contributed by atoms with E-state index in [-0.39, 0.29) is 17.9 Å². The van der Waals surface area contributed by atoms with E-state index in [1.165, 1.54) is 57.8 Å². The van der Waals surface area contributed by atoms with Crippen LogP contribution < -0.4 is 14.8 Å². The van der Waals surface area contributed by atoms with Gasteiger partial charge in [0.05, 0.1) is 0 Å². The first-order valence-corrected chi connectivity index (χ1v) is 15.3. The normalized spacial score (nSPS) is 12.8. The van der Waals surface area contributed by atoms with Crippen LogP contribution in [0.25, 0.3) is 0 Å². The number of hydrogen-bond donors (Lipinski definition) is 3. The van der Waals surface area contributed by atoms with Crippen LogP contribution in [0.1, 0.15) is 142 Å². The lowest BCUT2D eigenvalue weighted by atomic mass is 9.93. The molecule has 1 rings (SSSR count). The number of hydrogen-bond acceptors (Lipinski definition) is 3. The smallest absolute Gasteiger partial charge is 0.307 e. The minimum atomic E-state index is -3.94. The highest BCUT2D eigenvalue weighted by Gasteiger charge is 2.20. The Balaban J connectivity index is 2.39. The summed E-state index contributed by atoms with van der Waals surface area (Å²) in [4.78, 5) is 12.6. The number of carbonyl (C=O) groups excluding carboxylic acids is 1. The molecule has 3 N–H and O–H groups in total. The maximum atomic E-state index is 12.6. The summed E-state index contributed by atoms with van der Waals surface area (Å²) < 4.78 is 29.7. The van der Waals surface area contributed by atoms with Gasteiger partial charge in [-0.15, -0.1) is 0 Å². The van der Waals surface area contributed by atoms with Crippen LogP contribution in [0, 0.1) is 0 Å². The Labute approximate surface area is 215 Å². The van der Waals surface area contributed by atoms with Crippen molar-refractivity contribution >= 4 is 21.9 Å². The summed E-state index contributed by atoms with van der Waals surface area (Å²) in [5, 5.41) is 2.79. The second-order valence-corrected chi connectivity index (χ2v) is 12.0. The van der Waals surface area contributed by atoms with Gasteiger partial charge in [0, 0.05) is 11.7 Å². The minimum Gasteiger partial charge on any atom is -0.307 e. The van der Waals surface area contributed by atoms with Gasteiger partial charge in [0.1, 0.15) is 0 Å². The van der Waals surface area contributed by atoms with Gasteiger partial charge in [-0.25, -0.2) is 9.52 Å². The molecule has 0 bridgehead atoms. The SMILES string of the molecule is CCCCCCCCCCCCCC(C)NS(=O)(=O)NC(=O)Nc1c(C(C)C)cccc1C(C)C. The van der Waals surface area contributed by atoms with Gasteiger partial charge in [0.15, 0.2) is 0 Å². The average Bonchev–Trinajstić information content (AvgIpc) is 2.76. The molecule has 1 unspecified atom stereocenters. The van der Waals surface area contributed by atoms with Crippen molar-refractivity contribution in [2.24, 2.45) is 0 Å². The van der Waals surface area contributed by atoms with Crippen molar-refractivity contribution in [2.45, 2.75) is 136 Å². The maximum absolute atomic E-state index is 12.6. The molecule has 35 heavy (non-hydrogen) atoms. The van der Waals surface area contributed by atoms with Gasteiger partial charge in [0.2, 0.25) is 0 Å². The van der Waals surface area contributed by atoms with Gasteiger partial charge in [-0.05, 0) is 36.3 Å². The van der Waals surface area contributed by atoms with Crippen molar-refractivity contribution in [2.75, 3.05) is 5.32 Å². The van der Waals surface area contributed by atoms with Crippen LogP contribution in [-0.4, -0.2) is 20.5 Å². The van der Waals surface area contributed by atoms with E-state index in [9.17, 15) is 13.2 Å². The predicted octanol–water partition coefficient (Wildman–Crippen LogP) is 7.98. The number of para-hydroxylation sites is 1. The zero-order valence-corrected chi connectivity index (χ0v) is 23.9. The molecule has 1 atom stereocenters. The molecule has 0 fully saturated rings. The van der Waals surface area contributed by atoms with Crippen molar-refractivity contribution in [3.8, 4) is 0 Å². The summed E-state index contributed by atoms with van der Waals surface area (Å²) in [5.41, 5.74) is 2.67. The van der Waals surface area contributed by atoms with E-state index < -0.39 is 16.2 Å². The average molecular weight is 510 g/mol. The molecule has 6 nitrogen and oxygen atoms in total. The molecule has 0 radical (unpaired) electrons. The van der Waals surface area contributed by atoms with E-state index >= 15 is 0 Å². The monoisotopic (exact) mass is 509 g/mol. The summed E-state index contributed by atoms with van der Waals surface area (Å²) in [6.07, 6.45) is 14.6. The molecule has 0 saturated heterocycles. The first kappa shape index (κ1) is 31.4. The topological polar surface area (TPSA) is 87.3 Å². The third-order valence-corrected chi connectivity index (χ3v) is 7.60. The molecule has 0 aliphatic carbocycles. The Hall–Kier alpha value is -1.60. The van der Waals surface area contributed by atoms with Crippen LogP contribution in [0.3, 0.4) is 0 Å². The van der Waals surface area contributed by atoms with E-state index in [2.05, 4.69) is 49.4 Å². The van der Waals surface area contributed by atoms with Crippen molar-refractivity contribution in [1.29, 1.82) is 0 Å². The molecule has 0 spiro atoms. The Kier molecular flexibility index (Phi) is 15.2. The lowest BCUT2D eigenvalue weighted by Gasteiger charge is -2.21. The molecule has 1 aromatic carbocycles. The van der Waals surface area contributed by atoms with Crippen molar-refractivity contribution in [3.63, 3.8) is 0 Å². The molecular formula is C28H51N3O3S. The van der Waals surface area contributed by atoms with Crippen LogP contribution in [0.2, 0.25) is 0 Å². The molecule has 2 amide bonds. The molecule has 0 saturated carbocycles. The highest BCUT2D eigenvalue weighted by Crippen LogP contribution is 2.32. The van der Waals surface area contributed by atoms with E-state index in [0.29, 0.717) is 5.69 Å². The van der Waals surface area contributed by atoms with Crippen LogP contribution in [0.15, 0.2) is 18.2 Å². The number of rotatable bonds is 18. The van der Waals surface area contributed by atoms with Crippen molar-refractivity contribution in [1.82, 2.24) is 9.44 Å². The minimum absolute atomic E-state index is 0.199. The van der Waals surface area contributed by atoms with Gasteiger partial charge < -0.3 is 5.32 Å². The van der Waals surface area contributed by atoms with Gasteiger partial charge in [0.25, 0.3) is 0 Å². The van der Waals surface area contributed by atoms with Crippen molar-refractivity contribution in [3.05, 3.63) is 29.3 Å². The number of urea groups is 1. The Morgan fingerprint density at radius 1 is 0.771 bits per heavy atom. The second kappa shape index (κ2) is 17.0. The summed E-state index contributed by atoms with van der Waals surface area (Å²) in [6, 6.07) is 4.94. The molecule has 202 valence electrons. The maximum Gasteiger partial charge on any atom is 0.333 e. The van der Waals surface area contributed by atoms with E-state index in [1.54, 1.807) is 0 Å². The van der Waals surface area contributed by atoms with Crippen LogP contribution in [-0.2, 0) is 10.2 Å². The molecule has 0 aliphatic heterocycles. The van der Waals surface area contributed by atoms with Gasteiger partial charge in [-0.1, -0.05) is 123 Å². The highest BCUT2D eigenvalue weighted by atomic mass is 32.2. The van der Waals surface area contributed by atoms with Crippen LogP contribution in [0.5, 0.6) is 0 Å². The Bertz CT molecular complexity index is 812. The standard InChI is InChI=1S/C28H51N3O3S/c1-7-8-9-10-11-12-13-14-15-16-17-19-24(6)30-35(33,34)31-28(32)29-27-25(22(2)3)20-18-21-26(27)23(4)5/h18,20-24,30H,7-17,19H2,1-6H3,(H2,29,31,32). The molecule has 0 aromatic heterocycles. The summed E-state index contributed by atoms with van der Waals surface area (Å²) >= 11 is 0. The third kappa shape index (κ3) is 13.3. The number of anilines is 1. The summed E-state index contributed by atoms with van der Waals surface area (Å²) in [6.45, 7) is 12.3. The molecule has 0 heterocycles. The predicted molar refractivity (Wildman–Crippen MR) is 149 cm³/mol. The van der Waals surface area contributed by atoms with Crippen LogP contribution >= 0.6 is 0 Å². The van der Waals surface area contributed by atoms with E-state index in [4.69, 9.17) is 0 Å². The Morgan fingerprint density at radius 2 is 1.23 bits per heavy atom. The van der Waals surface area contributed by atoms with Crippen molar-refractivity contribution < 1.29 is 13.2 Å². The lowest BCUT2D eigenvalue weighted by Crippen LogP contribution is -2.45. The number of carbonyl (C=O) groups is 1.